The molecule has 0 aromatic carbocycles. The lowest BCUT2D eigenvalue weighted by molar-refractivity contribution is -0.385. The second kappa shape index (κ2) is 3.26. The van der Waals surface area contributed by atoms with E-state index in [1.807, 2.05) is 0 Å². The summed E-state index contributed by atoms with van der Waals surface area (Å²) in [5, 5.41) is 12.8. The smallest absolute Gasteiger partial charge is 0.300 e. The lowest BCUT2D eigenvalue weighted by Gasteiger charge is -1.94. The third kappa shape index (κ3) is 1.66. The van der Waals surface area contributed by atoms with Crippen LogP contribution in [0.5, 0.6) is 0 Å². The van der Waals surface area contributed by atoms with E-state index in [-0.39, 0.29) is 11.4 Å². The summed E-state index contributed by atoms with van der Waals surface area (Å²) in [7, 11) is 1.42. The minimum atomic E-state index is -0.589. The van der Waals surface area contributed by atoms with E-state index in [0.29, 0.717) is 5.69 Å². The Morgan fingerprint density at radius 1 is 1.69 bits per heavy atom. The van der Waals surface area contributed by atoms with Gasteiger partial charge in [0.05, 0.1) is 4.92 Å². The minimum Gasteiger partial charge on any atom is -0.354 e. The van der Waals surface area contributed by atoms with E-state index >= 15 is 0 Å². The van der Waals surface area contributed by atoms with Gasteiger partial charge in [-0.05, 0) is 6.92 Å². The van der Waals surface area contributed by atoms with E-state index < -0.39 is 10.8 Å². The van der Waals surface area contributed by atoms with Crippen LogP contribution < -0.4 is 5.32 Å². The molecule has 0 saturated heterocycles. The number of hydrogen-bond acceptors (Lipinski definition) is 3. The molecule has 13 heavy (non-hydrogen) atoms. The van der Waals surface area contributed by atoms with Crippen molar-refractivity contribution in [3.63, 3.8) is 0 Å². The molecule has 0 saturated carbocycles. The van der Waals surface area contributed by atoms with Gasteiger partial charge in [-0.15, -0.1) is 0 Å². The average molecular weight is 183 g/mol. The van der Waals surface area contributed by atoms with Gasteiger partial charge < -0.3 is 10.3 Å². The van der Waals surface area contributed by atoms with Crippen molar-refractivity contribution in [3.05, 3.63) is 27.6 Å². The zero-order chi connectivity index (χ0) is 10.0. The number of nitrogens with zero attached hydrogens (tertiary/aromatic N) is 1. The fourth-order valence-corrected chi connectivity index (χ4v) is 1.02. The molecule has 1 aromatic rings. The number of aromatic amines is 1. The Kier molecular flexibility index (Phi) is 2.32. The Labute approximate surface area is 74.1 Å². The fourth-order valence-electron chi connectivity index (χ4n) is 1.02. The summed E-state index contributed by atoms with van der Waals surface area (Å²) in [6.07, 6.45) is 0. The number of carbonyl (C=O) groups excluding carboxylic acids is 1. The Bertz CT molecular complexity index is 356. The quantitative estimate of drug-likeness (QED) is 0.519. The number of carbonyl (C=O) groups is 1. The van der Waals surface area contributed by atoms with Gasteiger partial charge in [-0.25, -0.2) is 0 Å². The topological polar surface area (TPSA) is 88.0 Å². The van der Waals surface area contributed by atoms with E-state index in [0.717, 1.165) is 0 Å². The molecule has 0 aliphatic heterocycles. The highest BCUT2D eigenvalue weighted by molar-refractivity contribution is 5.96. The molecule has 0 aliphatic carbocycles. The normalized spacial score (nSPS) is 9.69. The van der Waals surface area contributed by atoms with Crippen LogP contribution in [0.15, 0.2) is 6.07 Å². The van der Waals surface area contributed by atoms with Gasteiger partial charge in [0.25, 0.3) is 11.6 Å². The van der Waals surface area contributed by atoms with Crippen LogP contribution in [0.25, 0.3) is 0 Å². The van der Waals surface area contributed by atoms with Crippen LogP contribution in [-0.4, -0.2) is 22.9 Å². The molecule has 0 aliphatic rings. The van der Waals surface area contributed by atoms with E-state index in [1.165, 1.54) is 13.1 Å². The maximum Gasteiger partial charge on any atom is 0.300 e. The van der Waals surface area contributed by atoms with E-state index in [4.69, 9.17) is 0 Å². The average Bonchev–Trinajstić information content (AvgIpc) is 2.46. The van der Waals surface area contributed by atoms with E-state index in [2.05, 4.69) is 10.3 Å². The van der Waals surface area contributed by atoms with Crippen LogP contribution >= 0.6 is 0 Å². The third-order valence-corrected chi connectivity index (χ3v) is 1.58. The second-order valence-electron chi connectivity index (χ2n) is 2.55. The Hall–Kier alpha value is -1.85. The first-order chi connectivity index (χ1) is 6.06. The summed E-state index contributed by atoms with van der Waals surface area (Å²) in [4.78, 5) is 23.6. The number of nitrogens with one attached hydrogen (secondary N) is 2. The SMILES string of the molecule is CNC(=O)c1[nH]c(C)cc1[N+](=O)[O-]. The van der Waals surface area contributed by atoms with Gasteiger partial charge in [0, 0.05) is 18.8 Å². The number of H-pyrrole nitrogens is 1. The summed E-state index contributed by atoms with van der Waals surface area (Å²) >= 11 is 0. The number of hydrogen-bond donors (Lipinski definition) is 2. The summed E-state index contributed by atoms with van der Waals surface area (Å²) in [6, 6.07) is 1.32. The van der Waals surface area contributed by atoms with Crippen LogP contribution in [0.2, 0.25) is 0 Å². The van der Waals surface area contributed by atoms with Crippen molar-refractivity contribution in [1.29, 1.82) is 0 Å². The van der Waals surface area contributed by atoms with Crippen LogP contribution in [0.4, 0.5) is 5.69 Å². The molecule has 0 radical (unpaired) electrons. The molecule has 1 aromatic heterocycles. The summed E-state index contributed by atoms with van der Waals surface area (Å²) in [6.45, 7) is 1.65. The standard InChI is InChI=1S/C7H9N3O3/c1-4-3-5(10(12)13)6(9-4)7(11)8-2/h3,9H,1-2H3,(H,8,11). The molecule has 2 N–H and O–H groups in total. The third-order valence-electron chi connectivity index (χ3n) is 1.58. The fraction of sp³-hybridized carbons (Fsp3) is 0.286. The van der Waals surface area contributed by atoms with Crippen molar-refractivity contribution in [2.24, 2.45) is 0 Å². The van der Waals surface area contributed by atoms with E-state index in [1.54, 1.807) is 6.92 Å². The maximum absolute atomic E-state index is 11.1. The lowest BCUT2D eigenvalue weighted by atomic mass is 10.3. The molecule has 0 unspecified atom stereocenters. The molecular formula is C7H9N3O3. The van der Waals surface area contributed by atoms with Crippen LogP contribution in [-0.2, 0) is 0 Å². The largest absolute Gasteiger partial charge is 0.354 e. The molecule has 1 amide bonds. The van der Waals surface area contributed by atoms with Gasteiger partial charge in [-0.1, -0.05) is 0 Å². The molecule has 0 spiro atoms. The monoisotopic (exact) mass is 183 g/mol. The zero-order valence-corrected chi connectivity index (χ0v) is 7.25. The predicted molar refractivity (Wildman–Crippen MR) is 45.6 cm³/mol. The first-order valence-corrected chi connectivity index (χ1v) is 3.62. The Morgan fingerprint density at radius 3 is 2.77 bits per heavy atom. The van der Waals surface area contributed by atoms with E-state index in [9.17, 15) is 14.9 Å². The molecular weight excluding hydrogens is 174 g/mol. The first-order valence-electron chi connectivity index (χ1n) is 3.62. The van der Waals surface area contributed by atoms with Gasteiger partial charge >= 0.3 is 0 Å². The highest BCUT2D eigenvalue weighted by Crippen LogP contribution is 2.18. The Balaban J connectivity index is 3.19. The number of nitro groups is 1. The molecule has 1 heterocycles. The molecule has 1 rings (SSSR count). The van der Waals surface area contributed by atoms with Crippen LogP contribution in [0, 0.1) is 17.0 Å². The second-order valence-corrected chi connectivity index (χ2v) is 2.55. The van der Waals surface area contributed by atoms with Gasteiger partial charge in [0.15, 0.2) is 5.69 Å². The highest BCUT2D eigenvalue weighted by atomic mass is 16.6. The molecule has 6 heteroatoms. The molecule has 0 bridgehead atoms. The predicted octanol–water partition coefficient (Wildman–Crippen LogP) is 0.591. The van der Waals surface area contributed by atoms with Crippen molar-refractivity contribution in [3.8, 4) is 0 Å². The van der Waals surface area contributed by atoms with Crippen molar-refractivity contribution in [1.82, 2.24) is 10.3 Å². The van der Waals surface area contributed by atoms with Crippen molar-refractivity contribution < 1.29 is 9.72 Å². The van der Waals surface area contributed by atoms with Gasteiger partial charge in [-0.3, -0.25) is 14.9 Å². The first kappa shape index (κ1) is 9.24. The summed E-state index contributed by atoms with van der Waals surface area (Å²) in [5.41, 5.74) is 0.382. The van der Waals surface area contributed by atoms with Crippen LogP contribution in [0.3, 0.4) is 0 Å². The molecule has 70 valence electrons. The summed E-state index contributed by atoms with van der Waals surface area (Å²) in [5.74, 6) is -0.486. The lowest BCUT2D eigenvalue weighted by Crippen LogP contribution is -2.19. The van der Waals surface area contributed by atoms with Crippen LogP contribution in [0.1, 0.15) is 16.2 Å². The van der Waals surface area contributed by atoms with Crippen molar-refractivity contribution >= 4 is 11.6 Å². The Morgan fingerprint density at radius 2 is 2.31 bits per heavy atom. The summed E-state index contributed by atoms with van der Waals surface area (Å²) < 4.78 is 0. The molecule has 0 fully saturated rings. The maximum atomic E-state index is 11.1. The van der Waals surface area contributed by atoms with Gasteiger partial charge in [0.2, 0.25) is 0 Å². The number of amides is 1. The molecule has 6 nitrogen and oxygen atoms in total. The zero-order valence-electron chi connectivity index (χ0n) is 7.25. The van der Waals surface area contributed by atoms with Gasteiger partial charge in [0.1, 0.15) is 0 Å². The number of rotatable bonds is 2. The number of aryl methyl sites for hydroxylation is 1. The van der Waals surface area contributed by atoms with Gasteiger partial charge in [-0.2, -0.15) is 0 Å². The van der Waals surface area contributed by atoms with Crippen molar-refractivity contribution in [2.45, 2.75) is 6.92 Å². The minimum absolute atomic E-state index is 0.00926. The molecule has 0 atom stereocenters. The highest BCUT2D eigenvalue weighted by Gasteiger charge is 2.21. The van der Waals surface area contributed by atoms with Crippen molar-refractivity contribution in [2.75, 3.05) is 7.05 Å². The number of aromatic nitrogens is 1.